The highest BCUT2D eigenvalue weighted by molar-refractivity contribution is 5.99. The van der Waals surface area contributed by atoms with E-state index in [9.17, 15) is 4.39 Å². The van der Waals surface area contributed by atoms with Gasteiger partial charge in [-0.3, -0.25) is 0 Å². The summed E-state index contributed by atoms with van der Waals surface area (Å²) in [4.78, 5) is 0. The highest BCUT2D eigenvalue weighted by Gasteiger charge is 2.20. The Bertz CT molecular complexity index is 962. The number of rotatable bonds is 6. The van der Waals surface area contributed by atoms with Gasteiger partial charge in [0.1, 0.15) is 11.9 Å². The third kappa shape index (κ3) is 4.54. The largest absolute Gasteiger partial charge is 0.369 e. The summed E-state index contributed by atoms with van der Waals surface area (Å²) in [5.74, 6) is 0.346. The van der Waals surface area contributed by atoms with E-state index in [0.717, 1.165) is 22.4 Å². The number of ether oxygens (including phenoxy) is 1. The lowest BCUT2D eigenvalue weighted by atomic mass is 10.0. The second-order valence-electron chi connectivity index (χ2n) is 6.05. The van der Waals surface area contributed by atoms with E-state index < -0.39 is 6.10 Å². The van der Waals surface area contributed by atoms with Gasteiger partial charge in [-0.25, -0.2) is 4.39 Å². The first-order valence-electron chi connectivity index (χ1n) is 8.47. The quantitative estimate of drug-likeness (QED) is 0.470. The lowest BCUT2D eigenvalue weighted by Crippen LogP contribution is -2.06. The van der Waals surface area contributed by atoms with Crippen LogP contribution >= 0.6 is 0 Å². The number of hydrogen-bond donors (Lipinski definition) is 0. The van der Waals surface area contributed by atoms with Crippen molar-refractivity contribution in [1.82, 2.24) is 5.16 Å². The maximum atomic E-state index is 13.0. The molecule has 1 aromatic heterocycles. The van der Waals surface area contributed by atoms with Gasteiger partial charge in [0.15, 0.2) is 5.76 Å². The Hall–Kier alpha value is -3.12. The zero-order valence-corrected chi connectivity index (χ0v) is 15.4. The molecule has 0 saturated heterocycles. The lowest BCUT2D eigenvalue weighted by Gasteiger charge is -2.14. The van der Waals surface area contributed by atoms with Crippen LogP contribution in [-0.4, -0.2) is 24.2 Å². The Morgan fingerprint density at radius 3 is 2.59 bits per heavy atom. The molecule has 138 valence electrons. The van der Waals surface area contributed by atoms with Crippen molar-refractivity contribution in [3.05, 3.63) is 88.6 Å². The van der Waals surface area contributed by atoms with Crippen molar-refractivity contribution in [2.45, 2.75) is 20.0 Å². The fourth-order valence-electron chi connectivity index (χ4n) is 2.70. The summed E-state index contributed by atoms with van der Waals surface area (Å²) in [5.41, 5.74) is 4.05. The lowest BCUT2D eigenvalue weighted by molar-refractivity contribution is 0.109. The molecule has 1 heterocycles. The Morgan fingerprint density at radius 1 is 1.19 bits per heavy atom. The number of aryl methyl sites for hydroxylation is 1. The van der Waals surface area contributed by atoms with E-state index in [-0.39, 0.29) is 5.82 Å². The van der Waals surface area contributed by atoms with Crippen LogP contribution in [0.4, 0.5) is 4.39 Å². The zero-order valence-electron chi connectivity index (χ0n) is 15.4. The van der Waals surface area contributed by atoms with Crippen molar-refractivity contribution in [2.75, 3.05) is 7.11 Å². The maximum Gasteiger partial charge on any atom is 0.170 e. The third-order valence-electron chi connectivity index (χ3n) is 4.09. The number of halogens is 1. The van der Waals surface area contributed by atoms with E-state index >= 15 is 0 Å². The minimum absolute atomic E-state index is 0.280. The van der Waals surface area contributed by atoms with Crippen molar-refractivity contribution < 1.29 is 13.7 Å². The zero-order chi connectivity index (χ0) is 19.2. The van der Waals surface area contributed by atoms with Gasteiger partial charge in [-0.05, 0) is 37.1 Å². The van der Waals surface area contributed by atoms with Crippen molar-refractivity contribution in [1.29, 1.82) is 0 Å². The SMILES string of the molecule is COC(c1cc(C)no1)c1ccccc1/C=N/N=C(\C)c1ccc(F)cc1. The van der Waals surface area contributed by atoms with Crippen LogP contribution < -0.4 is 0 Å². The number of methoxy groups -OCH3 is 1. The van der Waals surface area contributed by atoms with Crippen LogP contribution in [0.25, 0.3) is 0 Å². The minimum Gasteiger partial charge on any atom is -0.369 e. The first-order valence-corrected chi connectivity index (χ1v) is 8.47. The summed E-state index contributed by atoms with van der Waals surface area (Å²) in [6, 6.07) is 15.7. The number of nitrogens with zero attached hydrogens (tertiary/aromatic N) is 3. The van der Waals surface area contributed by atoms with Gasteiger partial charge in [0, 0.05) is 18.7 Å². The molecule has 0 bridgehead atoms. The maximum absolute atomic E-state index is 13.0. The van der Waals surface area contributed by atoms with Crippen LogP contribution in [0.5, 0.6) is 0 Å². The molecule has 0 spiro atoms. The molecule has 1 atom stereocenters. The molecule has 1 unspecified atom stereocenters. The molecule has 3 aromatic rings. The number of benzene rings is 2. The summed E-state index contributed by atoms with van der Waals surface area (Å²) >= 11 is 0. The summed E-state index contributed by atoms with van der Waals surface area (Å²) in [6.07, 6.45) is 1.27. The average Bonchev–Trinajstić information content (AvgIpc) is 3.10. The van der Waals surface area contributed by atoms with E-state index in [1.54, 1.807) is 25.5 Å². The molecule has 0 aliphatic rings. The normalized spacial score (nSPS) is 13.3. The van der Waals surface area contributed by atoms with Crippen LogP contribution in [0.3, 0.4) is 0 Å². The third-order valence-corrected chi connectivity index (χ3v) is 4.09. The van der Waals surface area contributed by atoms with Crippen molar-refractivity contribution in [2.24, 2.45) is 10.2 Å². The number of hydrogen-bond acceptors (Lipinski definition) is 5. The Labute approximate surface area is 157 Å². The summed E-state index contributed by atoms with van der Waals surface area (Å²) in [6.45, 7) is 3.69. The molecule has 6 heteroatoms. The van der Waals surface area contributed by atoms with Crippen LogP contribution in [-0.2, 0) is 4.74 Å². The fraction of sp³-hybridized carbons (Fsp3) is 0.190. The smallest absolute Gasteiger partial charge is 0.170 e. The molecular formula is C21H20FN3O2. The summed E-state index contributed by atoms with van der Waals surface area (Å²) < 4.78 is 24.0. The van der Waals surface area contributed by atoms with E-state index in [2.05, 4.69) is 15.4 Å². The topological polar surface area (TPSA) is 60.0 Å². The van der Waals surface area contributed by atoms with Gasteiger partial charge in [0.05, 0.1) is 17.6 Å². The molecule has 0 fully saturated rings. The molecular weight excluding hydrogens is 345 g/mol. The molecule has 3 rings (SSSR count). The van der Waals surface area contributed by atoms with Gasteiger partial charge in [-0.15, -0.1) is 0 Å². The fourth-order valence-corrected chi connectivity index (χ4v) is 2.70. The molecule has 0 saturated carbocycles. The number of aromatic nitrogens is 1. The van der Waals surface area contributed by atoms with Crippen LogP contribution in [0.15, 0.2) is 69.3 Å². The second-order valence-corrected chi connectivity index (χ2v) is 6.05. The van der Waals surface area contributed by atoms with Crippen LogP contribution in [0, 0.1) is 12.7 Å². The first kappa shape index (κ1) is 18.7. The second kappa shape index (κ2) is 8.51. The van der Waals surface area contributed by atoms with Gasteiger partial charge >= 0.3 is 0 Å². The average molecular weight is 365 g/mol. The highest BCUT2D eigenvalue weighted by Crippen LogP contribution is 2.28. The predicted molar refractivity (Wildman–Crippen MR) is 103 cm³/mol. The summed E-state index contributed by atoms with van der Waals surface area (Å²) in [5, 5.41) is 12.3. The Balaban J connectivity index is 1.86. The van der Waals surface area contributed by atoms with Gasteiger partial charge in [0.25, 0.3) is 0 Å². The predicted octanol–water partition coefficient (Wildman–Crippen LogP) is 4.70. The molecule has 5 nitrogen and oxygen atoms in total. The van der Waals surface area contributed by atoms with Gasteiger partial charge in [0.2, 0.25) is 0 Å². The molecule has 2 aromatic carbocycles. The van der Waals surface area contributed by atoms with Gasteiger partial charge in [-0.2, -0.15) is 10.2 Å². The highest BCUT2D eigenvalue weighted by atomic mass is 19.1. The first-order chi connectivity index (χ1) is 13.1. The van der Waals surface area contributed by atoms with Crippen LogP contribution in [0.1, 0.15) is 41.2 Å². The molecule has 0 radical (unpaired) electrons. The molecule has 0 amide bonds. The van der Waals surface area contributed by atoms with Crippen molar-refractivity contribution in [3.8, 4) is 0 Å². The Morgan fingerprint density at radius 2 is 1.93 bits per heavy atom. The van der Waals surface area contributed by atoms with Crippen LogP contribution in [0.2, 0.25) is 0 Å². The summed E-state index contributed by atoms with van der Waals surface area (Å²) in [7, 11) is 1.62. The molecule has 0 N–H and O–H groups in total. The Kier molecular flexibility index (Phi) is 5.88. The van der Waals surface area contributed by atoms with E-state index in [0.29, 0.717) is 11.5 Å². The van der Waals surface area contributed by atoms with Crippen molar-refractivity contribution in [3.63, 3.8) is 0 Å². The van der Waals surface area contributed by atoms with Crippen molar-refractivity contribution >= 4 is 11.9 Å². The molecule has 27 heavy (non-hydrogen) atoms. The van der Waals surface area contributed by atoms with Gasteiger partial charge < -0.3 is 9.26 Å². The minimum atomic E-state index is -0.393. The van der Waals surface area contributed by atoms with E-state index in [4.69, 9.17) is 9.26 Å². The molecule has 0 aliphatic carbocycles. The standard InChI is InChI=1S/C21H20FN3O2/c1-14-12-20(27-25-14)21(26-3)19-7-5-4-6-17(19)13-23-24-15(2)16-8-10-18(22)11-9-16/h4-13,21H,1-3H3/b23-13+,24-15+. The monoisotopic (exact) mass is 365 g/mol. The van der Waals surface area contributed by atoms with E-state index in [1.807, 2.05) is 44.2 Å². The van der Waals surface area contributed by atoms with E-state index in [1.165, 1.54) is 12.1 Å². The molecule has 0 aliphatic heterocycles. The van der Waals surface area contributed by atoms with Gasteiger partial charge in [-0.1, -0.05) is 41.6 Å².